The minimum absolute atomic E-state index is 0.0286. The highest BCUT2D eigenvalue weighted by Crippen LogP contribution is 2.29. The number of hydrogen-bond acceptors (Lipinski definition) is 3. The Kier molecular flexibility index (Phi) is 3.53. The fraction of sp³-hybridized carbons (Fsp3) is 0.889. The smallest absolute Gasteiger partial charge is 0.308 e. The van der Waals surface area contributed by atoms with Crippen molar-refractivity contribution in [2.24, 2.45) is 11.8 Å². The van der Waals surface area contributed by atoms with Crippen molar-refractivity contribution in [3.8, 4) is 0 Å². The predicted octanol–water partition coefficient (Wildman–Crippen LogP) is 0.958. The number of carbonyl (C=O) groups excluding carboxylic acids is 1. The standard InChI is InChI=1S/C9H16O3/c1-12-9(11)8-4-2-3-7(5-8)6-10/h7-8,10H,2-6H2,1H3/t7-,8-/m1/s1. The topological polar surface area (TPSA) is 46.5 Å². The zero-order valence-electron chi connectivity index (χ0n) is 7.45. The van der Waals surface area contributed by atoms with E-state index in [1.54, 1.807) is 0 Å². The lowest BCUT2D eigenvalue weighted by atomic mass is 9.82. The average molecular weight is 172 g/mol. The second kappa shape index (κ2) is 4.45. The first-order valence-electron chi connectivity index (χ1n) is 4.46. The van der Waals surface area contributed by atoms with Crippen LogP contribution in [0.1, 0.15) is 25.7 Å². The van der Waals surface area contributed by atoms with Crippen LogP contribution in [0.15, 0.2) is 0 Å². The lowest BCUT2D eigenvalue weighted by Gasteiger charge is -2.25. The van der Waals surface area contributed by atoms with Crippen LogP contribution in [0.5, 0.6) is 0 Å². The van der Waals surface area contributed by atoms with E-state index in [1.165, 1.54) is 7.11 Å². The van der Waals surface area contributed by atoms with Crippen LogP contribution in [0.3, 0.4) is 0 Å². The molecule has 3 nitrogen and oxygen atoms in total. The van der Waals surface area contributed by atoms with Gasteiger partial charge in [0.1, 0.15) is 0 Å². The monoisotopic (exact) mass is 172 g/mol. The van der Waals surface area contributed by atoms with Gasteiger partial charge in [-0.2, -0.15) is 0 Å². The van der Waals surface area contributed by atoms with Gasteiger partial charge in [-0.25, -0.2) is 0 Å². The maximum Gasteiger partial charge on any atom is 0.308 e. The summed E-state index contributed by atoms with van der Waals surface area (Å²) in [6.45, 7) is 0.202. The molecule has 1 saturated carbocycles. The van der Waals surface area contributed by atoms with Crippen molar-refractivity contribution in [1.82, 2.24) is 0 Å². The van der Waals surface area contributed by atoms with Gasteiger partial charge < -0.3 is 9.84 Å². The molecule has 12 heavy (non-hydrogen) atoms. The Hall–Kier alpha value is -0.570. The second-order valence-electron chi connectivity index (χ2n) is 3.44. The quantitative estimate of drug-likeness (QED) is 0.631. The average Bonchev–Trinajstić information content (AvgIpc) is 2.17. The first-order valence-corrected chi connectivity index (χ1v) is 4.46. The van der Waals surface area contributed by atoms with Crippen molar-refractivity contribution in [1.29, 1.82) is 0 Å². The summed E-state index contributed by atoms with van der Waals surface area (Å²) >= 11 is 0. The summed E-state index contributed by atoms with van der Waals surface area (Å²) in [6, 6.07) is 0. The van der Waals surface area contributed by atoms with Gasteiger partial charge in [-0.05, 0) is 25.2 Å². The van der Waals surface area contributed by atoms with E-state index in [0.29, 0.717) is 5.92 Å². The molecule has 0 heterocycles. The highest BCUT2D eigenvalue weighted by Gasteiger charge is 2.27. The number of ether oxygens (including phenoxy) is 1. The number of esters is 1. The second-order valence-corrected chi connectivity index (χ2v) is 3.44. The molecule has 0 spiro atoms. The highest BCUT2D eigenvalue weighted by atomic mass is 16.5. The third kappa shape index (κ3) is 2.21. The number of methoxy groups -OCH3 is 1. The third-order valence-corrected chi connectivity index (χ3v) is 2.58. The van der Waals surface area contributed by atoms with Crippen LogP contribution in [0.25, 0.3) is 0 Å². The van der Waals surface area contributed by atoms with E-state index in [1.807, 2.05) is 0 Å². The molecule has 1 aliphatic rings. The van der Waals surface area contributed by atoms with Crippen LogP contribution in [0, 0.1) is 11.8 Å². The van der Waals surface area contributed by atoms with Crippen LogP contribution in [0.2, 0.25) is 0 Å². The van der Waals surface area contributed by atoms with E-state index in [2.05, 4.69) is 4.74 Å². The fourth-order valence-corrected chi connectivity index (χ4v) is 1.84. The van der Waals surface area contributed by atoms with Gasteiger partial charge >= 0.3 is 5.97 Å². The van der Waals surface area contributed by atoms with Gasteiger partial charge in [0.05, 0.1) is 13.0 Å². The largest absolute Gasteiger partial charge is 0.469 e. The highest BCUT2D eigenvalue weighted by molar-refractivity contribution is 5.72. The zero-order valence-corrected chi connectivity index (χ0v) is 7.45. The number of rotatable bonds is 2. The molecule has 0 aliphatic heterocycles. The minimum atomic E-state index is -0.117. The molecule has 0 bridgehead atoms. The number of aliphatic hydroxyl groups is 1. The number of aliphatic hydroxyl groups excluding tert-OH is 1. The molecular weight excluding hydrogens is 156 g/mol. The molecule has 70 valence electrons. The Morgan fingerprint density at radius 3 is 2.92 bits per heavy atom. The SMILES string of the molecule is COC(=O)[C@@H]1CCC[C@@H](CO)C1. The lowest BCUT2D eigenvalue weighted by molar-refractivity contribution is -0.147. The van der Waals surface area contributed by atoms with Crippen molar-refractivity contribution in [2.75, 3.05) is 13.7 Å². The molecule has 2 atom stereocenters. The summed E-state index contributed by atoms with van der Waals surface area (Å²) in [5.74, 6) is 0.219. The van der Waals surface area contributed by atoms with Crippen LogP contribution in [-0.4, -0.2) is 24.8 Å². The van der Waals surface area contributed by atoms with Gasteiger partial charge in [-0.1, -0.05) is 6.42 Å². The summed E-state index contributed by atoms with van der Waals surface area (Å²) in [4.78, 5) is 11.1. The number of carbonyl (C=O) groups is 1. The van der Waals surface area contributed by atoms with E-state index in [0.717, 1.165) is 25.7 Å². The minimum Gasteiger partial charge on any atom is -0.469 e. The molecule has 0 aromatic heterocycles. The van der Waals surface area contributed by atoms with Crippen molar-refractivity contribution in [3.63, 3.8) is 0 Å². The molecule has 0 aromatic carbocycles. The van der Waals surface area contributed by atoms with Crippen molar-refractivity contribution < 1.29 is 14.6 Å². The Morgan fingerprint density at radius 1 is 1.58 bits per heavy atom. The van der Waals surface area contributed by atoms with Crippen LogP contribution < -0.4 is 0 Å². The van der Waals surface area contributed by atoms with Crippen molar-refractivity contribution >= 4 is 5.97 Å². The first kappa shape index (κ1) is 9.52. The maximum atomic E-state index is 11.1. The van der Waals surface area contributed by atoms with Crippen molar-refractivity contribution in [3.05, 3.63) is 0 Å². The van der Waals surface area contributed by atoms with Crippen molar-refractivity contribution in [2.45, 2.75) is 25.7 Å². The van der Waals surface area contributed by atoms with E-state index in [-0.39, 0.29) is 18.5 Å². The van der Waals surface area contributed by atoms with Crippen LogP contribution in [-0.2, 0) is 9.53 Å². The molecule has 0 radical (unpaired) electrons. The van der Waals surface area contributed by atoms with E-state index < -0.39 is 0 Å². The van der Waals surface area contributed by atoms with E-state index in [9.17, 15) is 4.79 Å². The number of hydrogen-bond donors (Lipinski definition) is 1. The molecule has 0 unspecified atom stereocenters. The molecular formula is C9H16O3. The Labute approximate surface area is 72.7 Å². The maximum absolute atomic E-state index is 11.1. The molecule has 0 amide bonds. The fourth-order valence-electron chi connectivity index (χ4n) is 1.84. The van der Waals surface area contributed by atoms with Crippen LogP contribution >= 0.6 is 0 Å². The summed E-state index contributed by atoms with van der Waals surface area (Å²) in [7, 11) is 1.42. The molecule has 1 fully saturated rings. The predicted molar refractivity (Wildman–Crippen MR) is 44.5 cm³/mol. The van der Waals surface area contributed by atoms with Crippen LogP contribution in [0.4, 0.5) is 0 Å². The molecule has 1 N–H and O–H groups in total. The Morgan fingerprint density at radius 2 is 2.33 bits per heavy atom. The van der Waals surface area contributed by atoms with E-state index >= 15 is 0 Å². The summed E-state index contributed by atoms with van der Waals surface area (Å²) < 4.78 is 4.66. The summed E-state index contributed by atoms with van der Waals surface area (Å²) in [6.07, 6.45) is 3.79. The third-order valence-electron chi connectivity index (χ3n) is 2.58. The van der Waals surface area contributed by atoms with Gasteiger partial charge in [0.15, 0.2) is 0 Å². The molecule has 0 saturated heterocycles. The summed E-state index contributed by atoms with van der Waals surface area (Å²) in [5, 5.41) is 8.91. The first-order chi connectivity index (χ1) is 5.77. The summed E-state index contributed by atoms with van der Waals surface area (Å²) in [5.41, 5.74) is 0. The van der Waals surface area contributed by atoms with Gasteiger partial charge in [0.2, 0.25) is 0 Å². The molecule has 1 aliphatic carbocycles. The van der Waals surface area contributed by atoms with Gasteiger partial charge in [-0.3, -0.25) is 4.79 Å². The van der Waals surface area contributed by atoms with Gasteiger partial charge in [0, 0.05) is 6.61 Å². The zero-order chi connectivity index (χ0) is 8.97. The van der Waals surface area contributed by atoms with Gasteiger partial charge in [-0.15, -0.1) is 0 Å². The lowest BCUT2D eigenvalue weighted by Crippen LogP contribution is -2.25. The Bertz CT molecular complexity index is 156. The molecule has 0 aromatic rings. The molecule has 3 heteroatoms. The van der Waals surface area contributed by atoms with Gasteiger partial charge in [0.25, 0.3) is 0 Å². The Balaban J connectivity index is 2.40. The normalized spacial score (nSPS) is 29.8. The van der Waals surface area contributed by atoms with E-state index in [4.69, 9.17) is 5.11 Å². The molecule has 1 rings (SSSR count).